The summed E-state index contributed by atoms with van der Waals surface area (Å²) in [4.78, 5) is 12.5. The van der Waals surface area contributed by atoms with Crippen molar-refractivity contribution in [2.45, 2.75) is 96.0 Å². The fraction of sp³-hybridized carbons (Fsp3) is 0.696. The maximum Gasteiger partial charge on any atom is 0.315 e. The lowest BCUT2D eigenvalue weighted by Gasteiger charge is -2.35. The van der Waals surface area contributed by atoms with E-state index in [1.165, 1.54) is 41.8 Å². The molecule has 3 rings (SSSR count). The molecule has 0 aromatic heterocycles. The smallest absolute Gasteiger partial charge is 0.315 e. The molecule has 0 spiro atoms. The number of piperidine rings is 1. The molecule has 1 unspecified atom stereocenters. The molecule has 2 fully saturated rings. The summed E-state index contributed by atoms with van der Waals surface area (Å²) in [5.41, 5.74) is 0. The van der Waals surface area contributed by atoms with E-state index in [4.69, 9.17) is 23.2 Å². The molecular formula is C23H39Cl2N3O3S. The first kappa shape index (κ1) is 29.0. The Kier molecular flexibility index (Phi) is 12.4. The third kappa shape index (κ3) is 7.79. The Morgan fingerprint density at radius 3 is 2.25 bits per heavy atom. The molecule has 1 aromatic rings. The fourth-order valence-corrected chi connectivity index (χ4v) is 6.79. The molecule has 1 aliphatic carbocycles. The lowest BCUT2D eigenvalue weighted by Crippen LogP contribution is -2.51. The first-order valence-electron chi connectivity index (χ1n) is 10.9. The molecule has 184 valence electrons. The largest absolute Gasteiger partial charge is 0.337 e. The summed E-state index contributed by atoms with van der Waals surface area (Å²) in [5, 5.41) is 6.48. The van der Waals surface area contributed by atoms with Crippen molar-refractivity contribution in [2.75, 3.05) is 13.1 Å². The number of nitrogens with one attached hydrogen (secondary N) is 2. The molecule has 2 N–H and O–H groups in total. The highest BCUT2D eigenvalue weighted by Crippen LogP contribution is 2.31. The molecule has 1 saturated carbocycles. The average Bonchev–Trinajstić information content (AvgIpc) is 2.68. The van der Waals surface area contributed by atoms with Gasteiger partial charge in [0, 0.05) is 30.2 Å². The molecule has 1 aromatic carbocycles. The second-order valence-corrected chi connectivity index (χ2v) is 10.9. The molecular weight excluding hydrogens is 469 g/mol. The van der Waals surface area contributed by atoms with Gasteiger partial charge in [-0.1, -0.05) is 76.6 Å². The van der Waals surface area contributed by atoms with Gasteiger partial charge in [-0.05, 0) is 43.9 Å². The molecule has 6 nitrogen and oxygen atoms in total. The number of halogens is 2. The quantitative estimate of drug-likeness (QED) is 0.496. The summed E-state index contributed by atoms with van der Waals surface area (Å²) < 4.78 is 27.9. The van der Waals surface area contributed by atoms with Gasteiger partial charge >= 0.3 is 6.03 Å². The highest BCUT2D eigenvalue weighted by molar-refractivity contribution is 7.89. The minimum atomic E-state index is -3.77. The number of hydrogen-bond acceptors (Lipinski definition) is 3. The molecule has 1 atom stereocenters. The first-order valence-corrected chi connectivity index (χ1v) is 13.1. The lowest BCUT2D eigenvalue weighted by atomic mass is 9.97. The molecule has 2 amide bonds. The summed E-state index contributed by atoms with van der Waals surface area (Å²) >= 11 is 12.1. The van der Waals surface area contributed by atoms with E-state index in [2.05, 4.69) is 10.6 Å². The van der Waals surface area contributed by atoms with Gasteiger partial charge in [0.05, 0.1) is 5.02 Å². The highest BCUT2D eigenvalue weighted by Gasteiger charge is 2.35. The summed E-state index contributed by atoms with van der Waals surface area (Å²) in [6, 6.07) is 4.10. The predicted octanol–water partition coefficient (Wildman–Crippen LogP) is 6.22. The van der Waals surface area contributed by atoms with Gasteiger partial charge in [-0.3, -0.25) is 0 Å². The zero-order valence-corrected chi connectivity index (χ0v) is 19.5. The molecule has 2 aliphatic rings. The molecule has 0 radical (unpaired) electrons. The van der Waals surface area contributed by atoms with E-state index in [0.29, 0.717) is 18.0 Å². The van der Waals surface area contributed by atoms with Crippen molar-refractivity contribution in [1.82, 2.24) is 14.9 Å². The maximum absolute atomic E-state index is 13.2. The highest BCUT2D eigenvalue weighted by atomic mass is 35.5. The van der Waals surface area contributed by atoms with Crippen molar-refractivity contribution in [3.05, 3.63) is 28.2 Å². The molecule has 1 aliphatic heterocycles. The van der Waals surface area contributed by atoms with Crippen molar-refractivity contribution in [1.29, 1.82) is 0 Å². The van der Waals surface area contributed by atoms with E-state index in [1.807, 2.05) is 0 Å². The third-order valence-corrected chi connectivity index (χ3v) is 8.66. The maximum atomic E-state index is 13.2. The molecule has 1 saturated heterocycles. The van der Waals surface area contributed by atoms with Gasteiger partial charge in [0.15, 0.2) is 0 Å². The Morgan fingerprint density at radius 2 is 1.59 bits per heavy atom. The van der Waals surface area contributed by atoms with E-state index in [9.17, 15) is 13.2 Å². The van der Waals surface area contributed by atoms with Gasteiger partial charge in [0.25, 0.3) is 0 Å². The second kappa shape index (κ2) is 13.6. The summed E-state index contributed by atoms with van der Waals surface area (Å²) in [6.45, 7) is 0.695. The zero-order chi connectivity index (χ0) is 21.6. The van der Waals surface area contributed by atoms with Gasteiger partial charge in [-0.25, -0.2) is 13.2 Å². The number of carbonyl (C=O) groups excluding carboxylic acids is 1. The van der Waals surface area contributed by atoms with Crippen LogP contribution < -0.4 is 10.6 Å². The average molecular weight is 509 g/mol. The fourth-order valence-electron chi connectivity index (χ4n) is 4.35. The molecule has 1 heterocycles. The third-order valence-electron chi connectivity index (χ3n) is 5.99. The minimum absolute atomic E-state index is 0. The summed E-state index contributed by atoms with van der Waals surface area (Å²) in [6.07, 6.45) is 10.4. The van der Waals surface area contributed by atoms with E-state index >= 15 is 0 Å². The number of rotatable bonds is 5. The van der Waals surface area contributed by atoms with Crippen LogP contribution in [0.1, 0.15) is 79.1 Å². The molecule has 32 heavy (non-hydrogen) atoms. The van der Waals surface area contributed by atoms with Crippen LogP contribution in [0.25, 0.3) is 0 Å². The Balaban J connectivity index is 0.00000256. The second-order valence-electron chi connectivity index (χ2n) is 8.24. The Morgan fingerprint density at radius 1 is 0.969 bits per heavy atom. The van der Waals surface area contributed by atoms with Gasteiger partial charge in [-0.15, -0.1) is 0 Å². The van der Waals surface area contributed by atoms with Crippen molar-refractivity contribution in [3.8, 4) is 0 Å². The number of urea groups is 1. The molecule has 0 bridgehead atoms. The van der Waals surface area contributed by atoms with Crippen molar-refractivity contribution in [2.24, 2.45) is 0 Å². The van der Waals surface area contributed by atoms with Crippen LogP contribution in [0.2, 0.25) is 10.0 Å². The monoisotopic (exact) mass is 507 g/mol. The van der Waals surface area contributed by atoms with Crippen LogP contribution in [0.3, 0.4) is 0 Å². The Labute approximate surface area is 204 Å². The van der Waals surface area contributed by atoms with E-state index < -0.39 is 10.0 Å². The summed E-state index contributed by atoms with van der Waals surface area (Å²) in [7, 11) is -3.77. The number of benzene rings is 1. The van der Waals surface area contributed by atoms with Crippen LogP contribution in [-0.4, -0.2) is 43.9 Å². The lowest BCUT2D eigenvalue weighted by molar-refractivity contribution is 0.219. The van der Waals surface area contributed by atoms with Crippen molar-refractivity contribution >= 4 is 39.3 Å². The van der Waals surface area contributed by atoms with Gasteiger partial charge < -0.3 is 10.6 Å². The van der Waals surface area contributed by atoms with Gasteiger partial charge in [0.1, 0.15) is 4.90 Å². The summed E-state index contributed by atoms with van der Waals surface area (Å²) in [5.74, 6) is 0. The Bertz CT molecular complexity index is 828. The number of carbonyl (C=O) groups is 1. The predicted molar refractivity (Wildman–Crippen MR) is 134 cm³/mol. The van der Waals surface area contributed by atoms with Crippen LogP contribution >= 0.6 is 23.2 Å². The first-order chi connectivity index (χ1) is 14.4. The normalized spacial score (nSPS) is 20.8. The topological polar surface area (TPSA) is 78.5 Å². The van der Waals surface area contributed by atoms with Crippen LogP contribution in [0.4, 0.5) is 4.79 Å². The van der Waals surface area contributed by atoms with E-state index in [-0.39, 0.29) is 49.4 Å². The van der Waals surface area contributed by atoms with E-state index in [0.717, 1.165) is 38.5 Å². The van der Waals surface area contributed by atoms with Gasteiger partial charge in [-0.2, -0.15) is 4.31 Å². The van der Waals surface area contributed by atoms with Gasteiger partial charge in [0.2, 0.25) is 10.0 Å². The number of sulfonamides is 1. The SMILES string of the molecule is C.C.O=C(NCC1CCCCN1S(=O)(=O)c1ccc(Cl)cc1Cl)NC1CCCCCCC1. The number of nitrogens with zero attached hydrogens (tertiary/aromatic N) is 1. The minimum Gasteiger partial charge on any atom is -0.337 e. The Hall–Kier alpha value is -1.02. The standard InChI is InChI=1S/C21H31Cl2N3O3S.2CH4/c22-16-11-12-20(19(23)14-16)30(28,29)26-13-7-6-10-18(26)15-24-21(27)25-17-8-4-2-1-3-5-9-17;;/h11-12,14,17-18H,1-10,13,15H2,(H2,24,25,27);2*1H4. The van der Waals surface area contributed by atoms with E-state index in [1.54, 1.807) is 0 Å². The zero-order valence-electron chi connectivity index (χ0n) is 17.2. The van der Waals surface area contributed by atoms with Crippen LogP contribution in [0.15, 0.2) is 23.1 Å². The number of amides is 2. The van der Waals surface area contributed by atoms with Crippen molar-refractivity contribution < 1.29 is 13.2 Å². The van der Waals surface area contributed by atoms with Crippen LogP contribution in [0, 0.1) is 0 Å². The molecule has 9 heteroatoms. The van der Waals surface area contributed by atoms with Crippen LogP contribution in [0.5, 0.6) is 0 Å². The van der Waals surface area contributed by atoms with Crippen LogP contribution in [-0.2, 0) is 10.0 Å². The van der Waals surface area contributed by atoms with Crippen molar-refractivity contribution in [3.63, 3.8) is 0 Å². The number of hydrogen-bond donors (Lipinski definition) is 2.